The molecule has 86 valence electrons. The summed E-state index contributed by atoms with van der Waals surface area (Å²) >= 11 is 0. The highest BCUT2D eigenvalue weighted by atomic mass is 16.6. The molecule has 1 aromatic rings. The largest absolute Gasteiger partial charge is 0.454 e. The molecule has 0 spiro atoms. The van der Waals surface area contributed by atoms with Crippen LogP contribution in [0.2, 0.25) is 0 Å². The third-order valence-corrected chi connectivity index (χ3v) is 2.84. The monoisotopic (exact) mass is 225 g/mol. The third-order valence-electron chi connectivity index (χ3n) is 2.84. The van der Waals surface area contributed by atoms with Crippen LogP contribution in [0.15, 0.2) is 12.3 Å². The second-order valence-electron chi connectivity index (χ2n) is 3.82. The van der Waals surface area contributed by atoms with Crippen molar-refractivity contribution in [3.63, 3.8) is 0 Å². The molecule has 0 aliphatic carbocycles. The summed E-state index contributed by atoms with van der Waals surface area (Å²) in [6.45, 7) is -0.253. The summed E-state index contributed by atoms with van der Waals surface area (Å²) in [5.74, 6) is 0. The van der Waals surface area contributed by atoms with E-state index in [9.17, 15) is 5.11 Å². The van der Waals surface area contributed by atoms with Crippen LogP contribution in [0.1, 0.15) is 6.23 Å². The Kier molecular flexibility index (Phi) is 2.00. The fourth-order valence-corrected chi connectivity index (χ4v) is 2.04. The van der Waals surface area contributed by atoms with Gasteiger partial charge in [-0.15, -0.1) is 0 Å². The van der Waals surface area contributed by atoms with Crippen LogP contribution >= 0.6 is 0 Å². The van der Waals surface area contributed by atoms with Gasteiger partial charge in [-0.05, 0) is 6.07 Å². The first-order valence-electron chi connectivity index (χ1n) is 4.95. The fourth-order valence-electron chi connectivity index (χ4n) is 2.04. The summed E-state index contributed by atoms with van der Waals surface area (Å²) in [5, 5.41) is 26.1. The zero-order chi connectivity index (χ0) is 11.3. The second kappa shape index (κ2) is 3.27. The SMILES string of the molecule is N=c1ccn2c(n1)O[C@@H]1[C@@H](O)[C@@H](CO)O[C@@H]12. The molecule has 3 N–H and O–H groups in total. The van der Waals surface area contributed by atoms with E-state index in [1.54, 1.807) is 10.8 Å². The lowest BCUT2D eigenvalue weighted by Crippen LogP contribution is -2.34. The van der Waals surface area contributed by atoms with E-state index in [1.807, 2.05) is 0 Å². The van der Waals surface area contributed by atoms with Gasteiger partial charge in [0.05, 0.1) is 6.61 Å². The van der Waals surface area contributed by atoms with Gasteiger partial charge < -0.3 is 19.7 Å². The molecule has 7 nitrogen and oxygen atoms in total. The third kappa shape index (κ3) is 1.19. The van der Waals surface area contributed by atoms with Gasteiger partial charge in [0.15, 0.2) is 17.8 Å². The number of hydrogen-bond acceptors (Lipinski definition) is 6. The summed E-state index contributed by atoms with van der Waals surface area (Å²) in [6.07, 6.45) is -0.930. The highest BCUT2D eigenvalue weighted by Crippen LogP contribution is 2.38. The number of fused-ring (bicyclic) bond motifs is 3. The van der Waals surface area contributed by atoms with Crippen LogP contribution < -0.4 is 10.2 Å². The minimum atomic E-state index is -0.883. The van der Waals surface area contributed by atoms with Crippen LogP contribution in [0.25, 0.3) is 0 Å². The maximum Gasteiger partial charge on any atom is 0.301 e. The van der Waals surface area contributed by atoms with E-state index >= 15 is 0 Å². The Hall–Kier alpha value is -1.44. The average molecular weight is 225 g/mol. The van der Waals surface area contributed by atoms with E-state index in [0.717, 1.165) is 0 Å². The minimum absolute atomic E-state index is 0.0967. The number of ether oxygens (including phenoxy) is 2. The molecule has 0 amide bonds. The lowest BCUT2D eigenvalue weighted by atomic mass is 10.1. The number of aliphatic hydroxyl groups excluding tert-OH is 2. The first kappa shape index (κ1) is 9.76. The molecular formula is C9H11N3O4. The summed E-state index contributed by atoms with van der Waals surface area (Å²) in [7, 11) is 0. The summed E-state index contributed by atoms with van der Waals surface area (Å²) in [4.78, 5) is 3.88. The van der Waals surface area contributed by atoms with E-state index in [2.05, 4.69) is 4.98 Å². The number of aliphatic hydroxyl groups is 2. The van der Waals surface area contributed by atoms with Crippen molar-refractivity contribution in [2.24, 2.45) is 0 Å². The Balaban J connectivity index is 1.99. The molecule has 7 heteroatoms. The molecule has 2 aliphatic rings. The van der Waals surface area contributed by atoms with Gasteiger partial charge in [-0.3, -0.25) is 9.98 Å². The molecule has 0 aromatic carbocycles. The quantitative estimate of drug-likeness (QED) is 0.533. The van der Waals surface area contributed by atoms with Crippen molar-refractivity contribution in [3.05, 3.63) is 17.8 Å². The zero-order valence-electron chi connectivity index (χ0n) is 8.28. The molecule has 4 atom stereocenters. The standard InChI is InChI=1S/C9H11N3O4/c10-5-1-2-12-8-7(16-9(12)11-5)6(14)4(3-13)15-8/h1-2,4,6-8,10,13-14H,3H2/t4-,6+,7-,8+/m1/s1. The molecule has 1 fully saturated rings. The van der Waals surface area contributed by atoms with E-state index in [0.29, 0.717) is 0 Å². The van der Waals surface area contributed by atoms with Gasteiger partial charge in [0.25, 0.3) is 0 Å². The highest BCUT2D eigenvalue weighted by molar-refractivity contribution is 5.10. The second-order valence-corrected chi connectivity index (χ2v) is 3.82. The lowest BCUT2D eigenvalue weighted by molar-refractivity contribution is -0.0434. The molecule has 0 radical (unpaired) electrons. The topological polar surface area (TPSA) is 101 Å². The van der Waals surface area contributed by atoms with Gasteiger partial charge in [0.1, 0.15) is 12.2 Å². The van der Waals surface area contributed by atoms with Crippen molar-refractivity contribution >= 4 is 0 Å². The zero-order valence-corrected chi connectivity index (χ0v) is 8.28. The van der Waals surface area contributed by atoms with Crippen molar-refractivity contribution in [1.82, 2.24) is 9.55 Å². The van der Waals surface area contributed by atoms with Crippen molar-refractivity contribution in [1.29, 1.82) is 5.41 Å². The Morgan fingerprint density at radius 1 is 1.56 bits per heavy atom. The Morgan fingerprint density at radius 3 is 3.12 bits per heavy atom. The Morgan fingerprint density at radius 2 is 2.38 bits per heavy atom. The first-order chi connectivity index (χ1) is 7.70. The van der Waals surface area contributed by atoms with Crippen LogP contribution in [-0.4, -0.2) is 44.7 Å². The van der Waals surface area contributed by atoms with Crippen molar-refractivity contribution in [3.8, 4) is 6.01 Å². The number of rotatable bonds is 1. The van der Waals surface area contributed by atoms with Crippen LogP contribution in [0, 0.1) is 5.41 Å². The maximum absolute atomic E-state index is 9.80. The van der Waals surface area contributed by atoms with Crippen molar-refractivity contribution in [2.45, 2.75) is 24.5 Å². The van der Waals surface area contributed by atoms with Gasteiger partial charge >= 0.3 is 6.01 Å². The lowest BCUT2D eigenvalue weighted by Gasteiger charge is -2.14. The molecule has 1 saturated heterocycles. The van der Waals surface area contributed by atoms with Crippen LogP contribution in [0.4, 0.5) is 0 Å². The number of hydrogen-bond donors (Lipinski definition) is 3. The van der Waals surface area contributed by atoms with Gasteiger partial charge in [-0.1, -0.05) is 0 Å². The number of nitrogens with one attached hydrogen (secondary N) is 1. The highest BCUT2D eigenvalue weighted by Gasteiger charge is 2.50. The maximum atomic E-state index is 9.80. The summed E-state index contributed by atoms with van der Waals surface area (Å²) in [6, 6.07) is 1.77. The molecule has 0 unspecified atom stereocenters. The molecule has 2 aliphatic heterocycles. The average Bonchev–Trinajstić information content (AvgIpc) is 2.75. The van der Waals surface area contributed by atoms with Gasteiger partial charge in [-0.25, -0.2) is 0 Å². The molecule has 16 heavy (non-hydrogen) atoms. The molecule has 0 bridgehead atoms. The van der Waals surface area contributed by atoms with Crippen LogP contribution in [0.3, 0.4) is 0 Å². The molecule has 1 aromatic heterocycles. The Bertz CT molecular complexity index is 474. The van der Waals surface area contributed by atoms with E-state index < -0.39 is 24.5 Å². The Labute approximate surface area is 90.4 Å². The normalized spacial score (nSPS) is 35.6. The first-order valence-corrected chi connectivity index (χ1v) is 4.95. The summed E-state index contributed by atoms with van der Waals surface area (Å²) < 4.78 is 12.5. The molecule has 3 rings (SSSR count). The van der Waals surface area contributed by atoms with Crippen LogP contribution in [-0.2, 0) is 4.74 Å². The predicted molar refractivity (Wildman–Crippen MR) is 49.5 cm³/mol. The predicted octanol–water partition coefficient (Wildman–Crippen LogP) is -1.63. The van der Waals surface area contributed by atoms with E-state index in [-0.39, 0.29) is 18.1 Å². The van der Waals surface area contributed by atoms with Gasteiger partial charge in [0.2, 0.25) is 0 Å². The van der Waals surface area contributed by atoms with Crippen LogP contribution in [0.5, 0.6) is 6.01 Å². The number of aromatic nitrogens is 2. The van der Waals surface area contributed by atoms with Gasteiger partial charge in [0, 0.05) is 6.20 Å². The smallest absolute Gasteiger partial charge is 0.301 e. The molecular weight excluding hydrogens is 214 g/mol. The van der Waals surface area contributed by atoms with Crippen molar-refractivity contribution < 1.29 is 19.7 Å². The molecule has 3 heterocycles. The summed E-state index contributed by atoms with van der Waals surface area (Å²) in [5.41, 5.74) is 0.0967. The van der Waals surface area contributed by atoms with E-state index in [4.69, 9.17) is 20.0 Å². The van der Waals surface area contributed by atoms with Gasteiger partial charge in [-0.2, -0.15) is 4.98 Å². The van der Waals surface area contributed by atoms with E-state index in [1.165, 1.54) is 6.07 Å². The molecule has 0 saturated carbocycles. The minimum Gasteiger partial charge on any atom is -0.454 e. The van der Waals surface area contributed by atoms with Crippen molar-refractivity contribution in [2.75, 3.05) is 6.61 Å². The fraction of sp³-hybridized carbons (Fsp3) is 0.556. The number of nitrogens with zero attached hydrogens (tertiary/aromatic N) is 2.